The van der Waals surface area contributed by atoms with Crippen molar-refractivity contribution < 1.29 is 4.79 Å². The van der Waals surface area contributed by atoms with E-state index in [-0.39, 0.29) is 5.91 Å². The smallest absolute Gasteiger partial charge is 0.220 e. The summed E-state index contributed by atoms with van der Waals surface area (Å²) in [5, 5.41) is 3.99. The van der Waals surface area contributed by atoms with Crippen molar-refractivity contribution in [2.24, 2.45) is 5.92 Å². The predicted octanol–water partition coefficient (Wildman–Crippen LogP) is 4.54. The van der Waals surface area contributed by atoms with Crippen LogP contribution in [0.15, 0.2) is 29.4 Å². The highest BCUT2D eigenvalue weighted by atomic mass is 33.1. The average molecular weight is 327 g/mol. The van der Waals surface area contributed by atoms with Gasteiger partial charge in [-0.2, -0.15) is 0 Å². The summed E-state index contributed by atoms with van der Waals surface area (Å²) in [6.07, 6.45) is 7.22. The lowest BCUT2D eigenvalue weighted by Crippen LogP contribution is -2.24. The normalized spacial score (nSPS) is 10.8. The topological polar surface area (TPSA) is 42.0 Å². The second-order valence-electron chi connectivity index (χ2n) is 5.42. The Labute approximate surface area is 136 Å². The molecule has 1 aromatic rings. The average Bonchev–Trinajstić information content (AvgIpc) is 2.48. The third-order valence-electron chi connectivity index (χ3n) is 2.97. The largest absolute Gasteiger partial charge is 0.356 e. The van der Waals surface area contributed by atoms with Crippen molar-refractivity contribution >= 4 is 27.5 Å². The Morgan fingerprint density at radius 3 is 2.86 bits per heavy atom. The molecule has 0 bridgehead atoms. The van der Waals surface area contributed by atoms with E-state index in [1.807, 2.05) is 18.2 Å². The minimum absolute atomic E-state index is 0.160. The predicted molar refractivity (Wildman–Crippen MR) is 93.5 cm³/mol. The van der Waals surface area contributed by atoms with Crippen LogP contribution in [0.1, 0.15) is 46.0 Å². The number of amides is 1. The Balaban J connectivity index is 1.92. The van der Waals surface area contributed by atoms with E-state index in [9.17, 15) is 4.79 Å². The van der Waals surface area contributed by atoms with Gasteiger partial charge in [-0.05, 0) is 35.3 Å². The standard InChI is InChI=1S/C16H26N2OS2/c1-14(2)8-4-3-6-11-17-15(19)10-13-20-21-16-9-5-7-12-18-16/h5,7,9,12,14H,3-4,6,8,10-11,13H2,1-2H3,(H,17,19). The summed E-state index contributed by atoms with van der Waals surface area (Å²) in [6.45, 7) is 5.32. The van der Waals surface area contributed by atoms with Gasteiger partial charge in [-0.25, -0.2) is 4.98 Å². The highest BCUT2D eigenvalue weighted by Gasteiger charge is 2.02. The van der Waals surface area contributed by atoms with E-state index in [0.717, 1.165) is 29.7 Å². The van der Waals surface area contributed by atoms with Gasteiger partial charge in [-0.15, -0.1) is 0 Å². The molecule has 0 aromatic carbocycles. The van der Waals surface area contributed by atoms with Crippen LogP contribution >= 0.6 is 21.6 Å². The maximum atomic E-state index is 11.6. The van der Waals surface area contributed by atoms with Crippen molar-refractivity contribution in [3.63, 3.8) is 0 Å². The van der Waals surface area contributed by atoms with Crippen LogP contribution in [0.25, 0.3) is 0 Å². The van der Waals surface area contributed by atoms with Crippen molar-refractivity contribution in [3.8, 4) is 0 Å². The molecule has 0 saturated heterocycles. The fourth-order valence-electron chi connectivity index (χ4n) is 1.80. The molecule has 0 saturated carbocycles. The van der Waals surface area contributed by atoms with Gasteiger partial charge in [0.2, 0.25) is 5.91 Å². The molecule has 118 valence electrons. The molecule has 0 atom stereocenters. The van der Waals surface area contributed by atoms with Gasteiger partial charge < -0.3 is 5.32 Å². The number of hydrogen-bond acceptors (Lipinski definition) is 4. The highest BCUT2D eigenvalue weighted by molar-refractivity contribution is 8.76. The van der Waals surface area contributed by atoms with E-state index in [0.29, 0.717) is 6.42 Å². The lowest BCUT2D eigenvalue weighted by atomic mass is 10.1. The molecule has 0 spiro atoms. The number of carbonyl (C=O) groups is 1. The van der Waals surface area contributed by atoms with E-state index >= 15 is 0 Å². The molecule has 5 heteroatoms. The number of carbonyl (C=O) groups excluding carboxylic acids is 1. The fraction of sp³-hybridized carbons (Fsp3) is 0.625. The third-order valence-corrected chi connectivity index (χ3v) is 5.24. The number of rotatable bonds is 11. The number of pyridine rings is 1. The van der Waals surface area contributed by atoms with E-state index in [2.05, 4.69) is 24.1 Å². The Morgan fingerprint density at radius 1 is 1.29 bits per heavy atom. The van der Waals surface area contributed by atoms with Crippen LogP contribution in [0.2, 0.25) is 0 Å². The molecule has 0 radical (unpaired) electrons. The first kappa shape index (κ1) is 18.4. The van der Waals surface area contributed by atoms with Gasteiger partial charge >= 0.3 is 0 Å². The lowest BCUT2D eigenvalue weighted by Gasteiger charge is -2.06. The second kappa shape index (κ2) is 11.9. The third kappa shape index (κ3) is 10.7. The molecule has 0 aliphatic rings. The highest BCUT2D eigenvalue weighted by Crippen LogP contribution is 2.29. The molecule has 0 aliphatic heterocycles. The summed E-state index contributed by atoms with van der Waals surface area (Å²) >= 11 is 0. The van der Waals surface area contributed by atoms with Crippen LogP contribution in [-0.2, 0) is 4.79 Å². The summed E-state index contributed by atoms with van der Waals surface area (Å²) < 4.78 is 0. The first-order chi connectivity index (χ1) is 10.2. The Morgan fingerprint density at radius 2 is 2.14 bits per heavy atom. The zero-order chi connectivity index (χ0) is 15.3. The summed E-state index contributed by atoms with van der Waals surface area (Å²) in [6, 6.07) is 5.86. The first-order valence-corrected chi connectivity index (χ1v) is 9.97. The SMILES string of the molecule is CC(C)CCCCCNC(=O)CCSSc1ccccn1. The molecule has 1 amide bonds. The summed E-state index contributed by atoms with van der Waals surface area (Å²) in [7, 11) is 3.30. The van der Waals surface area contributed by atoms with Crippen molar-refractivity contribution in [1.29, 1.82) is 0 Å². The van der Waals surface area contributed by atoms with Crippen molar-refractivity contribution in [1.82, 2.24) is 10.3 Å². The van der Waals surface area contributed by atoms with Crippen LogP contribution in [0.5, 0.6) is 0 Å². The summed E-state index contributed by atoms with van der Waals surface area (Å²) in [5.74, 6) is 1.77. The molecule has 1 rings (SSSR count). The second-order valence-corrected chi connectivity index (χ2v) is 7.85. The number of nitrogens with zero attached hydrogens (tertiary/aromatic N) is 1. The molecular formula is C16H26N2OS2. The van der Waals surface area contributed by atoms with Gasteiger partial charge in [-0.3, -0.25) is 4.79 Å². The van der Waals surface area contributed by atoms with E-state index in [4.69, 9.17) is 0 Å². The molecule has 1 aromatic heterocycles. The van der Waals surface area contributed by atoms with Gasteiger partial charge in [0.1, 0.15) is 5.03 Å². The maximum absolute atomic E-state index is 11.6. The molecular weight excluding hydrogens is 300 g/mol. The van der Waals surface area contributed by atoms with Gasteiger partial charge in [0.15, 0.2) is 0 Å². The first-order valence-electron chi connectivity index (χ1n) is 7.65. The Bertz CT molecular complexity index is 385. The van der Waals surface area contributed by atoms with Crippen LogP contribution in [0, 0.1) is 5.92 Å². The monoisotopic (exact) mass is 326 g/mol. The molecule has 3 nitrogen and oxygen atoms in total. The molecule has 0 fully saturated rings. The van der Waals surface area contributed by atoms with Gasteiger partial charge in [0, 0.05) is 24.9 Å². The van der Waals surface area contributed by atoms with Crippen LogP contribution in [0.4, 0.5) is 0 Å². The van der Waals surface area contributed by atoms with Crippen LogP contribution in [-0.4, -0.2) is 23.2 Å². The Kier molecular flexibility index (Phi) is 10.4. The van der Waals surface area contributed by atoms with Crippen molar-refractivity contribution in [2.75, 3.05) is 12.3 Å². The number of unbranched alkanes of at least 4 members (excludes halogenated alkanes) is 2. The van der Waals surface area contributed by atoms with E-state index in [1.165, 1.54) is 19.3 Å². The van der Waals surface area contributed by atoms with Crippen molar-refractivity contribution in [3.05, 3.63) is 24.4 Å². The fourth-order valence-corrected chi connectivity index (χ4v) is 3.67. The molecule has 0 unspecified atom stereocenters. The van der Waals surface area contributed by atoms with E-state index in [1.54, 1.807) is 27.8 Å². The zero-order valence-corrected chi connectivity index (χ0v) is 14.6. The molecule has 1 N–H and O–H groups in total. The van der Waals surface area contributed by atoms with Gasteiger partial charge in [-0.1, -0.05) is 50.0 Å². The molecule has 0 aliphatic carbocycles. The zero-order valence-electron chi connectivity index (χ0n) is 13.0. The number of nitrogens with one attached hydrogen (secondary N) is 1. The van der Waals surface area contributed by atoms with E-state index < -0.39 is 0 Å². The van der Waals surface area contributed by atoms with Crippen LogP contribution < -0.4 is 5.32 Å². The van der Waals surface area contributed by atoms with Gasteiger partial charge in [0.05, 0.1) is 0 Å². The summed E-state index contributed by atoms with van der Waals surface area (Å²) in [5.41, 5.74) is 0. The van der Waals surface area contributed by atoms with Gasteiger partial charge in [0.25, 0.3) is 0 Å². The van der Waals surface area contributed by atoms with Crippen LogP contribution in [0.3, 0.4) is 0 Å². The Hall–Kier alpha value is -0.680. The minimum atomic E-state index is 0.160. The summed E-state index contributed by atoms with van der Waals surface area (Å²) in [4.78, 5) is 15.9. The quantitative estimate of drug-likeness (QED) is 0.479. The number of aromatic nitrogens is 1. The maximum Gasteiger partial charge on any atom is 0.220 e. The molecule has 21 heavy (non-hydrogen) atoms. The minimum Gasteiger partial charge on any atom is -0.356 e. The van der Waals surface area contributed by atoms with Crippen molar-refractivity contribution in [2.45, 2.75) is 51.0 Å². The lowest BCUT2D eigenvalue weighted by molar-refractivity contribution is -0.120. The molecule has 1 heterocycles. The number of hydrogen-bond donors (Lipinski definition) is 1.